The maximum absolute atomic E-state index is 5.24. The third kappa shape index (κ3) is 1.31. The van der Waals surface area contributed by atoms with Crippen molar-refractivity contribution in [2.45, 2.75) is 18.8 Å². The lowest BCUT2D eigenvalue weighted by atomic mass is 10.2. The summed E-state index contributed by atoms with van der Waals surface area (Å²) in [7, 11) is 0. The number of aromatic nitrogens is 2. The fourth-order valence-corrected chi connectivity index (χ4v) is 1.49. The number of hydrogen-bond acceptors (Lipinski definition) is 3. The molecule has 0 amide bonds. The summed E-state index contributed by atoms with van der Waals surface area (Å²) in [6, 6.07) is 7.76. The van der Waals surface area contributed by atoms with Crippen molar-refractivity contribution < 1.29 is 4.52 Å². The molecule has 3 heteroatoms. The average molecular weight is 186 g/mol. The Kier molecular flexibility index (Phi) is 1.63. The van der Waals surface area contributed by atoms with Crippen LogP contribution in [0.15, 0.2) is 35.0 Å². The molecule has 0 spiro atoms. The van der Waals surface area contributed by atoms with E-state index in [0.29, 0.717) is 5.92 Å². The quantitative estimate of drug-likeness (QED) is 0.723. The summed E-state index contributed by atoms with van der Waals surface area (Å²) in [6.07, 6.45) is 4.25. The first-order valence-electron chi connectivity index (χ1n) is 4.81. The van der Waals surface area contributed by atoms with Gasteiger partial charge in [-0.1, -0.05) is 11.2 Å². The summed E-state index contributed by atoms with van der Waals surface area (Å²) < 4.78 is 5.24. The molecule has 0 bridgehead atoms. The largest absolute Gasteiger partial charge is 0.354 e. The van der Waals surface area contributed by atoms with Crippen molar-refractivity contribution in [1.29, 1.82) is 0 Å². The van der Waals surface area contributed by atoms with Crippen LogP contribution in [-0.2, 0) is 0 Å². The third-order valence-corrected chi connectivity index (χ3v) is 2.44. The summed E-state index contributed by atoms with van der Waals surface area (Å²) in [4.78, 5) is 4.21. The van der Waals surface area contributed by atoms with Gasteiger partial charge in [0.2, 0.25) is 0 Å². The van der Waals surface area contributed by atoms with Gasteiger partial charge < -0.3 is 4.52 Å². The zero-order valence-corrected chi connectivity index (χ0v) is 7.68. The molecule has 0 saturated heterocycles. The van der Waals surface area contributed by atoms with E-state index in [1.807, 2.05) is 24.3 Å². The van der Waals surface area contributed by atoms with Crippen molar-refractivity contribution in [3.8, 4) is 11.5 Å². The lowest BCUT2D eigenvalue weighted by molar-refractivity contribution is 0.422. The van der Waals surface area contributed by atoms with Gasteiger partial charge in [0.15, 0.2) is 5.76 Å². The van der Waals surface area contributed by atoms with Crippen LogP contribution in [0.3, 0.4) is 0 Å². The van der Waals surface area contributed by atoms with Crippen LogP contribution in [-0.4, -0.2) is 10.1 Å². The van der Waals surface area contributed by atoms with E-state index in [1.165, 1.54) is 12.8 Å². The molecule has 0 N–H and O–H groups in total. The predicted molar refractivity (Wildman–Crippen MR) is 51.7 cm³/mol. The monoisotopic (exact) mass is 186 g/mol. The molecule has 3 nitrogen and oxygen atoms in total. The van der Waals surface area contributed by atoms with Crippen molar-refractivity contribution in [3.05, 3.63) is 36.2 Å². The Bertz CT molecular complexity index is 432. The Morgan fingerprint density at radius 1 is 1.29 bits per heavy atom. The summed E-state index contributed by atoms with van der Waals surface area (Å²) in [5, 5.41) is 4.04. The maximum Gasteiger partial charge on any atom is 0.185 e. The zero-order chi connectivity index (χ0) is 9.38. The van der Waals surface area contributed by atoms with Crippen LogP contribution in [0.5, 0.6) is 0 Å². The number of rotatable bonds is 2. The van der Waals surface area contributed by atoms with Crippen molar-refractivity contribution >= 4 is 0 Å². The minimum atomic E-state index is 0.635. The summed E-state index contributed by atoms with van der Waals surface area (Å²) in [6.45, 7) is 0. The number of nitrogens with zero attached hydrogens (tertiary/aromatic N) is 2. The second kappa shape index (κ2) is 2.94. The highest BCUT2D eigenvalue weighted by atomic mass is 16.5. The van der Waals surface area contributed by atoms with E-state index in [1.54, 1.807) is 6.20 Å². The van der Waals surface area contributed by atoms with Gasteiger partial charge in [-0.3, -0.25) is 4.98 Å². The van der Waals surface area contributed by atoms with Crippen molar-refractivity contribution in [2.75, 3.05) is 0 Å². The molecule has 2 heterocycles. The van der Waals surface area contributed by atoms with Crippen LogP contribution in [0, 0.1) is 0 Å². The molecule has 14 heavy (non-hydrogen) atoms. The van der Waals surface area contributed by atoms with Gasteiger partial charge in [0.1, 0.15) is 5.69 Å². The molecular formula is C11H10N2O. The molecule has 1 fully saturated rings. The lowest BCUT2D eigenvalue weighted by Crippen LogP contribution is -1.77. The van der Waals surface area contributed by atoms with Gasteiger partial charge in [-0.25, -0.2) is 0 Å². The first kappa shape index (κ1) is 7.74. The molecule has 1 saturated carbocycles. The van der Waals surface area contributed by atoms with E-state index in [2.05, 4.69) is 10.1 Å². The van der Waals surface area contributed by atoms with E-state index < -0.39 is 0 Å². The molecule has 0 aliphatic heterocycles. The van der Waals surface area contributed by atoms with Crippen LogP contribution < -0.4 is 0 Å². The Hall–Kier alpha value is -1.64. The van der Waals surface area contributed by atoms with Gasteiger partial charge in [-0.2, -0.15) is 0 Å². The number of hydrogen-bond donors (Lipinski definition) is 0. The molecule has 0 radical (unpaired) electrons. The third-order valence-electron chi connectivity index (χ3n) is 2.44. The van der Waals surface area contributed by atoms with E-state index in [0.717, 1.165) is 17.1 Å². The SMILES string of the molecule is c1ccc(-c2cc(C3CC3)no2)nc1. The Morgan fingerprint density at radius 2 is 2.21 bits per heavy atom. The normalized spacial score (nSPS) is 15.7. The topological polar surface area (TPSA) is 38.9 Å². The Labute approximate surface area is 81.8 Å². The molecule has 3 rings (SSSR count). The molecule has 0 atom stereocenters. The molecule has 2 aromatic rings. The van der Waals surface area contributed by atoms with E-state index in [4.69, 9.17) is 4.52 Å². The van der Waals surface area contributed by atoms with Gasteiger partial charge in [0.05, 0.1) is 5.69 Å². The van der Waals surface area contributed by atoms with Gasteiger partial charge in [-0.05, 0) is 25.0 Å². The molecule has 1 aliphatic carbocycles. The molecule has 0 unspecified atom stereocenters. The van der Waals surface area contributed by atoms with Crippen LogP contribution in [0.1, 0.15) is 24.5 Å². The Morgan fingerprint density at radius 3 is 2.93 bits per heavy atom. The second-order valence-electron chi connectivity index (χ2n) is 3.61. The average Bonchev–Trinajstić information content (AvgIpc) is 2.98. The van der Waals surface area contributed by atoms with E-state index >= 15 is 0 Å². The van der Waals surface area contributed by atoms with Crippen LogP contribution in [0.4, 0.5) is 0 Å². The summed E-state index contributed by atoms with van der Waals surface area (Å²) in [5.41, 5.74) is 1.93. The van der Waals surface area contributed by atoms with E-state index in [9.17, 15) is 0 Å². The molecule has 1 aliphatic rings. The fourth-order valence-electron chi connectivity index (χ4n) is 1.49. The van der Waals surface area contributed by atoms with Crippen LogP contribution >= 0.6 is 0 Å². The Balaban J connectivity index is 1.96. The minimum Gasteiger partial charge on any atom is -0.354 e. The standard InChI is InChI=1S/C11H10N2O/c1-2-6-12-9(3-1)11-7-10(13-14-11)8-4-5-8/h1-3,6-8H,4-5H2. The predicted octanol–water partition coefficient (Wildman–Crippen LogP) is 2.61. The molecule has 0 aromatic carbocycles. The van der Waals surface area contributed by atoms with Gasteiger partial charge in [-0.15, -0.1) is 0 Å². The highest BCUT2D eigenvalue weighted by molar-refractivity contribution is 5.51. The first-order valence-corrected chi connectivity index (χ1v) is 4.81. The van der Waals surface area contributed by atoms with Crippen LogP contribution in [0.2, 0.25) is 0 Å². The summed E-state index contributed by atoms with van der Waals surface area (Å²) >= 11 is 0. The summed E-state index contributed by atoms with van der Waals surface area (Å²) in [5.74, 6) is 1.41. The second-order valence-corrected chi connectivity index (χ2v) is 3.61. The zero-order valence-electron chi connectivity index (χ0n) is 7.68. The van der Waals surface area contributed by atoms with E-state index in [-0.39, 0.29) is 0 Å². The highest BCUT2D eigenvalue weighted by Gasteiger charge is 2.27. The van der Waals surface area contributed by atoms with Gasteiger partial charge in [0.25, 0.3) is 0 Å². The first-order chi connectivity index (χ1) is 6.93. The molecular weight excluding hydrogens is 176 g/mol. The van der Waals surface area contributed by atoms with Crippen molar-refractivity contribution in [3.63, 3.8) is 0 Å². The minimum absolute atomic E-state index is 0.635. The van der Waals surface area contributed by atoms with Gasteiger partial charge >= 0.3 is 0 Å². The van der Waals surface area contributed by atoms with Gasteiger partial charge in [0, 0.05) is 18.2 Å². The van der Waals surface area contributed by atoms with Crippen molar-refractivity contribution in [1.82, 2.24) is 10.1 Å². The lowest BCUT2D eigenvalue weighted by Gasteiger charge is -1.90. The van der Waals surface area contributed by atoms with Crippen LogP contribution in [0.25, 0.3) is 11.5 Å². The molecule has 70 valence electrons. The smallest absolute Gasteiger partial charge is 0.185 e. The fraction of sp³-hybridized carbons (Fsp3) is 0.273. The molecule has 2 aromatic heterocycles. The maximum atomic E-state index is 5.24. The highest BCUT2D eigenvalue weighted by Crippen LogP contribution is 2.40. The van der Waals surface area contributed by atoms with Crippen molar-refractivity contribution in [2.24, 2.45) is 0 Å². The number of pyridine rings is 1.